The van der Waals surface area contributed by atoms with Crippen LogP contribution < -0.4 is 10.6 Å². The van der Waals surface area contributed by atoms with E-state index in [1.807, 2.05) is 18.7 Å². The number of halogens is 1. The number of nitrogens with zero attached hydrogens (tertiary/aromatic N) is 1. The zero-order valence-electron chi connectivity index (χ0n) is 15.8. The summed E-state index contributed by atoms with van der Waals surface area (Å²) in [5.74, 6) is -0.703. The minimum atomic E-state index is -0.406. The van der Waals surface area contributed by atoms with E-state index >= 15 is 0 Å². The quantitative estimate of drug-likeness (QED) is 0.696. The minimum absolute atomic E-state index is 0.00204. The van der Waals surface area contributed by atoms with Crippen molar-refractivity contribution in [2.45, 2.75) is 26.7 Å². The molecule has 0 radical (unpaired) electrons. The van der Waals surface area contributed by atoms with E-state index in [0.717, 1.165) is 25.9 Å². The van der Waals surface area contributed by atoms with Gasteiger partial charge in [0.15, 0.2) is 0 Å². The third kappa shape index (κ3) is 6.09. The topological polar surface area (TPSA) is 61.4 Å². The van der Waals surface area contributed by atoms with Crippen LogP contribution in [0.25, 0.3) is 0 Å². The lowest BCUT2D eigenvalue weighted by Gasteiger charge is -2.21. The first kappa shape index (κ1) is 20.4. The molecule has 0 atom stereocenters. The molecule has 144 valence electrons. The molecule has 2 amide bonds. The first-order valence-electron chi connectivity index (χ1n) is 9.22. The van der Waals surface area contributed by atoms with E-state index in [9.17, 15) is 14.0 Å². The van der Waals surface area contributed by atoms with Gasteiger partial charge < -0.3 is 15.5 Å². The minimum Gasteiger partial charge on any atom is -0.374 e. The van der Waals surface area contributed by atoms with E-state index in [2.05, 4.69) is 10.6 Å². The molecule has 0 aromatic heterocycles. The molecular weight excluding hydrogens is 345 g/mol. The van der Waals surface area contributed by atoms with Crippen molar-refractivity contribution in [1.29, 1.82) is 0 Å². The van der Waals surface area contributed by atoms with E-state index in [1.54, 1.807) is 42.5 Å². The molecule has 0 saturated carbocycles. The van der Waals surface area contributed by atoms with Gasteiger partial charge in [-0.05, 0) is 49.2 Å². The molecule has 0 aliphatic carbocycles. The Morgan fingerprint density at radius 1 is 0.963 bits per heavy atom. The summed E-state index contributed by atoms with van der Waals surface area (Å²) in [6.07, 6.45) is 1.82. The highest BCUT2D eigenvalue weighted by Gasteiger charge is 2.14. The van der Waals surface area contributed by atoms with Crippen molar-refractivity contribution in [3.63, 3.8) is 0 Å². The van der Waals surface area contributed by atoms with Crippen LogP contribution in [0.4, 0.5) is 15.8 Å². The lowest BCUT2D eigenvalue weighted by molar-refractivity contribution is -0.114. The molecule has 0 unspecified atom stereocenters. The van der Waals surface area contributed by atoms with E-state index in [4.69, 9.17) is 0 Å². The molecule has 0 aliphatic heterocycles. The molecule has 2 aromatic carbocycles. The van der Waals surface area contributed by atoms with Crippen molar-refractivity contribution < 1.29 is 14.0 Å². The summed E-state index contributed by atoms with van der Waals surface area (Å²) in [5, 5.41) is 5.49. The van der Waals surface area contributed by atoms with Crippen molar-refractivity contribution in [2.75, 3.05) is 30.3 Å². The van der Waals surface area contributed by atoms with Crippen molar-refractivity contribution in [3.8, 4) is 0 Å². The number of nitrogens with one attached hydrogen (secondary N) is 2. The van der Waals surface area contributed by atoms with Gasteiger partial charge in [0.05, 0.1) is 12.2 Å². The van der Waals surface area contributed by atoms with Crippen LogP contribution >= 0.6 is 0 Å². The largest absolute Gasteiger partial charge is 0.374 e. The van der Waals surface area contributed by atoms with Crippen LogP contribution in [0.3, 0.4) is 0 Å². The van der Waals surface area contributed by atoms with E-state index in [0.29, 0.717) is 11.3 Å². The predicted octanol–water partition coefficient (Wildman–Crippen LogP) is 4.14. The normalized spacial score (nSPS) is 10.3. The van der Waals surface area contributed by atoms with Crippen LogP contribution in [-0.4, -0.2) is 36.3 Å². The van der Waals surface area contributed by atoms with Gasteiger partial charge in [0.1, 0.15) is 5.82 Å². The Kier molecular flexibility index (Phi) is 7.79. The molecule has 2 rings (SSSR count). The Labute approximate surface area is 159 Å². The number of anilines is 2. The van der Waals surface area contributed by atoms with Crippen molar-refractivity contribution >= 4 is 23.2 Å². The Balaban J connectivity index is 1.91. The molecule has 0 fully saturated rings. The smallest absolute Gasteiger partial charge is 0.253 e. The number of carbonyl (C=O) groups is 2. The lowest BCUT2D eigenvalue weighted by atomic mass is 10.1. The highest BCUT2D eigenvalue weighted by molar-refractivity contribution is 5.96. The summed E-state index contributed by atoms with van der Waals surface area (Å²) >= 11 is 0. The molecule has 6 heteroatoms. The Morgan fingerprint density at radius 3 is 2.19 bits per heavy atom. The number of para-hydroxylation sites is 1. The molecule has 0 bridgehead atoms. The average molecular weight is 371 g/mol. The summed E-state index contributed by atoms with van der Waals surface area (Å²) in [6.45, 7) is 5.50. The van der Waals surface area contributed by atoms with Crippen LogP contribution in [0.2, 0.25) is 0 Å². The number of rotatable bonds is 9. The maximum atomic E-state index is 13.5. The van der Waals surface area contributed by atoms with E-state index < -0.39 is 5.82 Å². The van der Waals surface area contributed by atoms with Gasteiger partial charge in [0, 0.05) is 24.3 Å². The van der Waals surface area contributed by atoms with Gasteiger partial charge in [0.2, 0.25) is 5.91 Å². The van der Waals surface area contributed by atoms with Crippen LogP contribution in [-0.2, 0) is 4.79 Å². The number of benzene rings is 2. The zero-order chi connectivity index (χ0) is 19.6. The van der Waals surface area contributed by atoms with Gasteiger partial charge in [-0.3, -0.25) is 9.59 Å². The fourth-order valence-corrected chi connectivity index (χ4v) is 2.72. The summed E-state index contributed by atoms with van der Waals surface area (Å²) in [7, 11) is 0. The summed E-state index contributed by atoms with van der Waals surface area (Å²) in [4.78, 5) is 26.4. The van der Waals surface area contributed by atoms with Gasteiger partial charge >= 0.3 is 0 Å². The van der Waals surface area contributed by atoms with Crippen LogP contribution in [0, 0.1) is 5.82 Å². The van der Waals surface area contributed by atoms with Crippen LogP contribution in [0.5, 0.6) is 0 Å². The first-order chi connectivity index (χ1) is 13.0. The third-order valence-electron chi connectivity index (χ3n) is 4.00. The third-order valence-corrected chi connectivity index (χ3v) is 4.00. The second-order valence-corrected chi connectivity index (χ2v) is 6.25. The second-order valence-electron chi connectivity index (χ2n) is 6.25. The molecule has 0 heterocycles. The fraction of sp³-hybridized carbons (Fsp3) is 0.333. The zero-order valence-corrected chi connectivity index (χ0v) is 15.8. The van der Waals surface area contributed by atoms with Crippen LogP contribution in [0.15, 0.2) is 48.5 Å². The van der Waals surface area contributed by atoms with Crippen LogP contribution in [0.1, 0.15) is 37.0 Å². The summed E-state index contributed by atoms with van der Waals surface area (Å²) in [6, 6.07) is 13.0. The fourth-order valence-electron chi connectivity index (χ4n) is 2.72. The average Bonchev–Trinajstić information content (AvgIpc) is 2.67. The maximum absolute atomic E-state index is 13.5. The predicted molar refractivity (Wildman–Crippen MR) is 106 cm³/mol. The summed E-state index contributed by atoms with van der Waals surface area (Å²) < 4.78 is 13.5. The van der Waals surface area contributed by atoms with E-state index in [1.165, 1.54) is 6.07 Å². The summed E-state index contributed by atoms with van der Waals surface area (Å²) in [5.41, 5.74) is 1.46. The van der Waals surface area contributed by atoms with Crippen molar-refractivity contribution in [3.05, 3.63) is 59.9 Å². The van der Waals surface area contributed by atoms with Gasteiger partial charge in [0.25, 0.3) is 5.91 Å². The molecule has 2 aromatic rings. The molecule has 27 heavy (non-hydrogen) atoms. The van der Waals surface area contributed by atoms with Gasteiger partial charge in [-0.25, -0.2) is 4.39 Å². The molecule has 5 nitrogen and oxygen atoms in total. The molecule has 2 N–H and O–H groups in total. The number of carbonyl (C=O) groups excluding carboxylic acids is 2. The molecular formula is C21H26FN3O2. The Morgan fingerprint density at radius 2 is 1.59 bits per heavy atom. The molecule has 0 saturated heterocycles. The number of hydrogen-bond acceptors (Lipinski definition) is 3. The monoisotopic (exact) mass is 371 g/mol. The van der Waals surface area contributed by atoms with Gasteiger partial charge in [-0.15, -0.1) is 0 Å². The molecule has 0 aliphatic rings. The van der Waals surface area contributed by atoms with Gasteiger partial charge in [-0.2, -0.15) is 0 Å². The number of hydrogen-bond donors (Lipinski definition) is 2. The highest BCUT2D eigenvalue weighted by atomic mass is 19.1. The second kappa shape index (κ2) is 10.3. The molecule has 0 spiro atoms. The van der Waals surface area contributed by atoms with Crippen molar-refractivity contribution in [1.82, 2.24) is 4.90 Å². The van der Waals surface area contributed by atoms with E-state index in [-0.39, 0.29) is 24.0 Å². The lowest BCUT2D eigenvalue weighted by Crippen LogP contribution is -2.32. The maximum Gasteiger partial charge on any atom is 0.253 e. The highest BCUT2D eigenvalue weighted by Crippen LogP contribution is 2.14. The SMILES string of the molecule is CCCN(CCC)C(=O)c1ccc(NC(=O)CNc2ccccc2F)cc1. The first-order valence-corrected chi connectivity index (χ1v) is 9.22. The number of amides is 2. The van der Waals surface area contributed by atoms with Crippen molar-refractivity contribution in [2.24, 2.45) is 0 Å². The van der Waals surface area contributed by atoms with Gasteiger partial charge in [-0.1, -0.05) is 26.0 Å². The standard InChI is InChI=1S/C21H26FN3O2/c1-3-13-25(14-4-2)21(27)16-9-11-17(12-10-16)24-20(26)15-23-19-8-6-5-7-18(19)22/h5-12,23H,3-4,13-15H2,1-2H3,(H,24,26). The Bertz CT molecular complexity index is 756. The Hall–Kier alpha value is -2.89.